The number of Topliss-reactive ketones (excluding diaryl/α,β-unsaturated/α-hetero) is 1. The zero-order chi connectivity index (χ0) is 14.8. The predicted octanol–water partition coefficient (Wildman–Crippen LogP) is 3.98. The molecule has 0 spiro atoms. The summed E-state index contributed by atoms with van der Waals surface area (Å²) >= 11 is 0. The Hall–Kier alpha value is -1.70. The third-order valence-corrected chi connectivity index (χ3v) is 5.93. The van der Waals surface area contributed by atoms with Gasteiger partial charge in [0.15, 0.2) is 11.6 Å². The monoisotopic (exact) mass is 280 g/mol. The van der Waals surface area contributed by atoms with Crippen molar-refractivity contribution in [2.45, 2.75) is 45.4 Å². The van der Waals surface area contributed by atoms with Gasteiger partial charge in [0, 0.05) is 17.9 Å². The number of fused-ring (bicyclic) bond motifs is 5. The number of carbonyl (C=O) groups is 2. The molecule has 0 aromatic heterocycles. The molecule has 0 saturated heterocycles. The van der Waals surface area contributed by atoms with Crippen LogP contribution < -0.4 is 0 Å². The molecule has 0 amide bonds. The van der Waals surface area contributed by atoms with Gasteiger partial charge >= 0.3 is 0 Å². The van der Waals surface area contributed by atoms with Crippen LogP contribution in [-0.4, -0.2) is 11.6 Å². The average Bonchev–Trinajstić information content (AvgIpc) is 2.74. The van der Waals surface area contributed by atoms with E-state index in [9.17, 15) is 9.59 Å². The molecule has 1 saturated carbocycles. The van der Waals surface area contributed by atoms with E-state index in [1.807, 2.05) is 13.0 Å². The summed E-state index contributed by atoms with van der Waals surface area (Å²) in [6.45, 7) is 4.25. The lowest BCUT2D eigenvalue weighted by Gasteiger charge is -2.46. The second-order valence-electron chi connectivity index (χ2n) is 7.13. The van der Waals surface area contributed by atoms with Crippen molar-refractivity contribution in [1.82, 2.24) is 0 Å². The smallest absolute Gasteiger partial charge is 0.167 e. The van der Waals surface area contributed by atoms with Gasteiger partial charge in [-0.3, -0.25) is 9.59 Å². The summed E-state index contributed by atoms with van der Waals surface area (Å²) in [5, 5.41) is 0. The number of hydrogen-bond donors (Lipinski definition) is 0. The fourth-order valence-electron chi connectivity index (χ4n) is 4.79. The Bertz CT molecular complexity index is 698. The maximum atomic E-state index is 13.0. The third kappa shape index (κ3) is 1.65. The highest BCUT2D eigenvalue weighted by molar-refractivity contribution is 6.04. The van der Waals surface area contributed by atoms with E-state index in [2.05, 4.69) is 25.1 Å². The van der Waals surface area contributed by atoms with Gasteiger partial charge < -0.3 is 0 Å². The van der Waals surface area contributed by atoms with Gasteiger partial charge in [0.2, 0.25) is 0 Å². The first-order valence-electron chi connectivity index (χ1n) is 7.89. The standard InChI is InChI=1S/C19H20O2/c1-11-3-5-14-15-6-4-12-10-13(20)7-8-19(12,2)17(15)18(21)16(14)9-11/h3,5,9-10,15,17H,4,6-8H2,1-2H3/t15-,17-,19+/m1/s1. The molecule has 108 valence electrons. The van der Waals surface area contributed by atoms with Crippen LogP contribution in [0.3, 0.4) is 0 Å². The van der Waals surface area contributed by atoms with Crippen molar-refractivity contribution in [3.8, 4) is 0 Å². The molecule has 3 aliphatic carbocycles. The van der Waals surface area contributed by atoms with Gasteiger partial charge in [-0.1, -0.05) is 30.2 Å². The fraction of sp³-hybridized carbons (Fsp3) is 0.474. The number of benzene rings is 1. The molecule has 4 rings (SSSR count). The second-order valence-corrected chi connectivity index (χ2v) is 7.13. The third-order valence-electron chi connectivity index (χ3n) is 5.93. The molecule has 0 aliphatic heterocycles. The van der Waals surface area contributed by atoms with Gasteiger partial charge in [-0.2, -0.15) is 0 Å². The Morgan fingerprint density at radius 2 is 2.00 bits per heavy atom. The number of ketones is 2. The van der Waals surface area contributed by atoms with E-state index >= 15 is 0 Å². The largest absolute Gasteiger partial charge is 0.295 e. The minimum absolute atomic E-state index is 0.0439. The van der Waals surface area contributed by atoms with Crippen LogP contribution in [0.2, 0.25) is 0 Å². The quantitative estimate of drug-likeness (QED) is 0.720. The van der Waals surface area contributed by atoms with Crippen molar-refractivity contribution in [3.05, 3.63) is 46.5 Å². The van der Waals surface area contributed by atoms with Gasteiger partial charge in [0.1, 0.15) is 0 Å². The molecule has 21 heavy (non-hydrogen) atoms. The summed E-state index contributed by atoms with van der Waals surface area (Å²) in [5.74, 6) is 0.937. The van der Waals surface area contributed by atoms with Gasteiger partial charge in [0.25, 0.3) is 0 Å². The maximum Gasteiger partial charge on any atom is 0.167 e. The Balaban J connectivity index is 1.85. The summed E-state index contributed by atoms with van der Waals surface area (Å²) in [4.78, 5) is 24.7. The number of rotatable bonds is 0. The molecule has 1 aromatic carbocycles. The molecular formula is C19H20O2. The fourth-order valence-corrected chi connectivity index (χ4v) is 4.79. The van der Waals surface area contributed by atoms with E-state index in [0.29, 0.717) is 18.1 Å². The van der Waals surface area contributed by atoms with Crippen molar-refractivity contribution >= 4 is 11.6 Å². The summed E-state index contributed by atoms with van der Waals surface area (Å²) in [7, 11) is 0. The molecule has 1 aromatic rings. The lowest BCUT2D eigenvalue weighted by atomic mass is 9.56. The Kier molecular flexibility index (Phi) is 2.57. The SMILES string of the molecule is Cc1ccc2c(c1)C(=O)[C@H]1[C@@H]2CCC2=CC(=O)CC[C@@]21C. The molecule has 2 heteroatoms. The van der Waals surface area contributed by atoms with Crippen LogP contribution in [0.5, 0.6) is 0 Å². The van der Waals surface area contributed by atoms with Crippen LogP contribution in [0.15, 0.2) is 29.8 Å². The molecule has 0 N–H and O–H groups in total. The lowest BCUT2D eigenvalue weighted by Crippen LogP contribution is -2.41. The Morgan fingerprint density at radius 3 is 2.81 bits per heavy atom. The van der Waals surface area contributed by atoms with Crippen molar-refractivity contribution in [2.75, 3.05) is 0 Å². The van der Waals surface area contributed by atoms with Crippen LogP contribution in [0.25, 0.3) is 0 Å². The number of hydrogen-bond acceptors (Lipinski definition) is 2. The van der Waals surface area contributed by atoms with E-state index in [-0.39, 0.29) is 17.1 Å². The van der Waals surface area contributed by atoms with Gasteiger partial charge in [-0.15, -0.1) is 0 Å². The molecule has 2 nitrogen and oxygen atoms in total. The van der Waals surface area contributed by atoms with Crippen molar-refractivity contribution < 1.29 is 9.59 Å². The summed E-state index contributed by atoms with van der Waals surface area (Å²) < 4.78 is 0. The summed E-state index contributed by atoms with van der Waals surface area (Å²) in [6.07, 6.45) is 5.22. The van der Waals surface area contributed by atoms with E-state index in [0.717, 1.165) is 30.4 Å². The zero-order valence-corrected chi connectivity index (χ0v) is 12.6. The lowest BCUT2D eigenvalue weighted by molar-refractivity contribution is -0.116. The van der Waals surface area contributed by atoms with Crippen LogP contribution in [0.4, 0.5) is 0 Å². The molecule has 1 fully saturated rings. The van der Waals surface area contributed by atoms with Crippen LogP contribution in [-0.2, 0) is 4.79 Å². The van der Waals surface area contributed by atoms with E-state index in [1.165, 1.54) is 11.1 Å². The van der Waals surface area contributed by atoms with Crippen LogP contribution in [0, 0.1) is 18.3 Å². The first-order valence-corrected chi connectivity index (χ1v) is 7.89. The van der Waals surface area contributed by atoms with Gasteiger partial charge in [-0.25, -0.2) is 0 Å². The first-order chi connectivity index (χ1) is 10.0. The highest BCUT2D eigenvalue weighted by Gasteiger charge is 2.54. The molecule has 0 bridgehead atoms. The van der Waals surface area contributed by atoms with Crippen molar-refractivity contribution in [1.29, 1.82) is 0 Å². The van der Waals surface area contributed by atoms with Crippen LogP contribution >= 0.6 is 0 Å². The van der Waals surface area contributed by atoms with E-state index < -0.39 is 0 Å². The second kappa shape index (κ2) is 4.16. The minimum atomic E-state index is -0.110. The van der Waals surface area contributed by atoms with Gasteiger partial charge in [0.05, 0.1) is 0 Å². The molecule has 3 aliphatic rings. The number of carbonyl (C=O) groups excluding carboxylic acids is 2. The zero-order valence-electron chi connectivity index (χ0n) is 12.6. The number of aryl methyl sites for hydroxylation is 1. The Labute approximate surface area is 125 Å². The van der Waals surface area contributed by atoms with Gasteiger partial charge in [-0.05, 0) is 55.2 Å². The molecule has 3 atom stereocenters. The Morgan fingerprint density at radius 1 is 1.19 bits per heavy atom. The highest BCUT2D eigenvalue weighted by atomic mass is 16.1. The highest BCUT2D eigenvalue weighted by Crippen LogP contribution is 2.59. The molecule has 0 radical (unpaired) electrons. The maximum absolute atomic E-state index is 13.0. The first kappa shape index (κ1) is 13.0. The van der Waals surface area contributed by atoms with E-state index in [4.69, 9.17) is 0 Å². The summed E-state index contributed by atoms with van der Waals surface area (Å²) in [6, 6.07) is 6.32. The summed E-state index contributed by atoms with van der Waals surface area (Å²) in [5.41, 5.74) is 4.44. The molecule has 0 unspecified atom stereocenters. The predicted molar refractivity (Wildman–Crippen MR) is 81.4 cm³/mol. The normalized spacial score (nSPS) is 34.1. The average molecular weight is 280 g/mol. The van der Waals surface area contributed by atoms with E-state index in [1.54, 1.807) is 0 Å². The number of allylic oxidation sites excluding steroid dienone is 2. The minimum Gasteiger partial charge on any atom is -0.295 e. The molecule has 0 heterocycles. The van der Waals surface area contributed by atoms with Crippen molar-refractivity contribution in [3.63, 3.8) is 0 Å². The van der Waals surface area contributed by atoms with Crippen LogP contribution in [0.1, 0.15) is 60.0 Å². The molecular weight excluding hydrogens is 260 g/mol. The topological polar surface area (TPSA) is 34.1 Å². The van der Waals surface area contributed by atoms with Crippen molar-refractivity contribution in [2.24, 2.45) is 11.3 Å².